The average Bonchev–Trinajstić information content (AvgIpc) is 2.65. The molecule has 27 heavy (non-hydrogen) atoms. The number of carbonyl (C=O) groups is 1. The minimum atomic E-state index is -0.467. The number of aryl methyl sites for hydroxylation is 1. The highest BCUT2D eigenvalue weighted by Crippen LogP contribution is 2.24. The van der Waals surface area contributed by atoms with Crippen molar-refractivity contribution in [3.8, 4) is 11.5 Å². The SMILES string of the molecule is COCC(C)N(Cc1cc(OC)cc(OC)c1)C(=O)c1cnc(C)[nH]c1=O. The van der Waals surface area contributed by atoms with Gasteiger partial charge in [-0.25, -0.2) is 4.98 Å². The van der Waals surface area contributed by atoms with Crippen LogP contribution in [0.15, 0.2) is 29.2 Å². The van der Waals surface area contributed by atoms with Crippen LogP contribution in [0.2, 0.25) is 0 Å². The Kier molecular flexibility index (Phi) is 6.95. The van der Waals surface area contributed by atoms with Gasteiger partial charge in [-0.1, -0.05) is 0 Å². The Bertz CT molecular complexity index is 827. The normalized spacial score (nSPS) is 11.7. The molecule has 0 radical (unpaired) electrons. The Balaban J connectivity index is 2.40. The van der Waals surface area contributed by atoms with Gasteiger partial charge in [-0.3, -0.25) is 9.59 Å². The Morgan fingerprint density at radius 3 is 2.33 bits per heavy atom. The van der Waals surface area contributed by atoms with E-state index in [2.05, 4.69) is 9.97 Å². The summed E-state index contributed by atoms with van der Waals surface area (Å²) in [5.74, 6) is 1.26. The number of methoxy groups -OCH3 is 3. The third-order valence-corrected chi connectivity index (χ3v) is 4.12. The summed E-state index contributed by atoms with van der Waals surface area (Å²) in [7, 11) is 4.69. The van der Waals surface area contributed by atoms with Gasteiger partial charge in [-0.15, -0.1) is 0 Å². The summed E-state index contributed by atoms with van der Waals surface area (Å²) in [6, 6.07) is 5.13. The molecule has 8 heteroatoms. The number of aromatic nitrogens is 2. The molecule has 146 valence electrons. The van der Waals surface area contributed by atoms with Crippen LogP contribution in [0.1, 0.15) is 28.7 Å². The number of amides is 1. The van der Waals surface area contributed by atoms with Crippen LogP contribution >= 0.6 is 0 Å². The Hall–Kier alpha value is -2.87. The monoisotopic (exact) mass is 375 g/mol. The molecule has 0 saturated carbocycles. The molecule has 0 spiro atoms. The van der Waals surface area contributed by atoms with Gasteiger partial charge in [0.15, 0.2) is 0 Å². The molecule has 0 aliphatic heterocycles. The predicted octanol–water partition coefficient (Wildman–Crippen LogP) is 1.77. The quantitative estimate of drug-likeness (QED) is 0.756. The van der Waals surface area contributed by atoms with Crippen molar-refractivity contribution in [1.29, 1.82) is 0 Å². The second-order valence-electron chi connectivity index (χ2n) is 6.17. The van der Waals surface area contributed by atoms with Crippen LogP contribution in [0, 0.1) is 6.92 Å². The largest absolute Gasteiger partial charge is 0.497 e. The lowest BCUT2D eigenvalue weighted by Crippen LogP contribution is -2.42. The standard InChI is InChI=1S/C19H25N3O5/c1-12(11-25-3)22(19(24)17-9-20-13(2)21-18(17)23)10-14-6-15(26-4)8-16(7-14)27-5/h6-9,12H,10-11H2,1-5H3,(H,20,21,23). The number of aromatic amines is 1. The lowest BCUT2D eigenvalue weighted by molar-refractivity contribution is 0.0539. The van der Waals surface area contributed by atoms with Crippen molar-refractivity contribution < 1.29 is 19.0 Å². The Morgan fingerprint density at radius 2 is 1.81 bits per heavy atom. The molecule has 1 N–H and O–H groups in total. The van der Waals surface area contributed by atoms with E-state index in [1.54, 1.807) is 39.2 Å². The molecule has 1 heterocycles. The first-order chi connectivity index (χ1) is 12.9. The van der Waals surface area contributed by atoms with Crippen molar-refractivity contribution in [3.05, 3.63) is 51.7 Å². The van der Waals surface area contributed by atoms with Crippen LogP contribution in [0.3, 0.4) is 0 Å². The van der Waals surface area contributed by atoms with Crippen molar-refractivity contribution in [1.82, 2.24) is 14.9 Å². The summed E-state index contributed by atoms with van der Waals surface area (Å²) >= 11 is 0. The van der Waals surface area contributed by atoms with Crippen molar-refractivity contribution in [2.24, 2.45) is 0 Å². The van der Waals surface area contributed by atoms with Crippen molar-refractivity contribution >= 4 is 5.91 Å². The number of H-pyrrole nitrogens is 1. The third-order valence-electron chi connectivity index (χ3n) is 4.12. The summed E-state index contributed by atoms with van der Waals surface area (Å²) in [6.07, 6.45) is 1.30. The number of hydrogen-bond acceptors (Lipinski definition) is 6. The van der Waals surface area contributed by atoms with Gasteiger partial charge in [-0.2, -0.15) is 0 Å². The molecule has 1 unspecified atom stereocenters. The number of nitrogens with one attached hydrogen (secondary N) is 1. The molecule has 0 saturated heterocycles. The van der Waals surface area contributed by atoms with E-state index < -0.39 is 11.5 Å². The fourth-order valence-electron chi connectivity index (χ4n) is 2.70. The van der Waals surface area contributed by atoms with Crippen molar-refractivity contribution in [3.63, 3.8) is 0 Å². The minimum Gasteiger partial charge on any atom is -0.497 e. The number of rotatable bonds is 8. The van der Waals surface area contributed by atoms with Crippen LogP contribution in [0.4, 0.5) is 0 Å². The molecule has 1 atom stereocenters. The summed E-state index contributed by atoms with van der Waals surface area (Å²) < 4.78 is 15.8. The highest BCUT2D eigenvalue weighted by Gasteiger charge is 2.25. The molecule has 0 aliphatic rings. The third kappa shape index (κ3) is 5.07. The van der Waals surface area contributed by atoms with E-state index in [9.17, 15) is 9.59 Å². The highest BCUT2D eigenvalue weighted by molar-refractivity contribution is 5.93. The van der Waals surface area contributed by atoms with E-state index >= 15 is 0 Å². The fourth-order valence-corrected chi connectivity index (χ4v) is 2.70. The van der Waals surface area contributed by atoms with E-state index in [1.165, 1.54) is 6.20 Å². The summed E-state index contributed by atoms with van der Waals surface area (Å²) in [6.45, 7) is 4.09. The molecule has 2 aromatic rings. The number of carbonyl (C=O) groups excluding carboxylic acids is 1. The van der Waals surface area contributed by atoms with Gasteiger partial charge >= 0.3 is 0 Å². The zero-order chi connectivity index (χ0) is 20.0. The van der Waals surface area contributed by atoms with E-state index in [0.717, 1.165) is 5.56 Å². The molecule has 0 fully saturated rings. The van der Waals surface area contributed by atoms with Gasteiger partial charge in [0.2, 0.25) is 0 Å². The first-order valence-corrected chi connectivity index (χ1v) is 8.47. The van der Waals surface area contributed by atoms with Crippen LogP contribution in [0.5, 0.6) is 11.5 Å². The molecule has 2 rings (SSSR count). The summed E-state index contributed by atoms with van der Waals surface area (Å²) in [5, 5.41) is 0. The number of hydrogen-bond donors (Lipinski definition) is 1. The smallest absolute Gasteiger partial charge is 0.263 e. The second kappa shape index (κ2) is 9.18. The number of nitrogens with zero attached hydrogens (tertiary/aromatic N) is 2. The van der Waals surface area contributed by atoms with Crippen molar-refractivity contribution in [2.75, 3.05) is 27.9 Å². The summed E-state index contributed by atoms with van der Waals surface area (Å²) in [5.41, 5.74) is 0.322. The van der Waals surface area contributed by atoms with Crippen LogP contribution in [-0.2, 0) is 11.3 Å². The van der Waals surface area contributed by atoms with Gasteiger partial charge in [0.25, 0.3) is 11.5 Å². The van der Waals surface area contributed by atoms with Gasteiger partial charge in [0, 0.05) is 25.9 Å². The Morgan fingerprint density at radius 1 is 1.19 bits per heavy atom. The predicted molar refractivity (Wildman–Crippen MR) is 100 cm³/mol. The lowest BCUT2D eigenvalue weighted by atomic mass is 10.1. The van der Waals surface area contributed by atoms with Crippen LogP contribution in [0.25, 0.3) is 0 Å². The maximum absolute atomic E-state index is 13.1. The molecule has 1 aromatic heterocycles. The van der Waals surface area contributed by atoms with E-state index in [-0.39, 0.29) is 18.2 Å². The maximum atomic E-state index is 13.1. The number of benzene rings is 1. The minimum absolute atomic E-state index is 0.0154. The Labute approximate surface area is 158 Å². The van der Waals surface area contributed by atoms with Gasteiger partial charge in [0.1, 0.15) is 22.9 Å². The van der Waals surface area contributed by atoms with E-state index in [4.69, 9.17) is 14.2 Å². The van der Waals surface area contributed by atoms with Gasteiger partial charge < -0.3 is 24.1 Å². The van der Waals surface area contributed by atoms with Crippen LogP contribution < -0.4 is 15.0 Å². The molecule has 0 aliphatic carbocycles. The molecular formula is C19H25N3O5. The number of ether oxygens (including phenoxy) is 3. The second-order valence-corrected chi connectivity index (χ2v) is 6.17. The molecule has 8 nitrogen and oxygen atoms in total. The maximum Gasteiger partial charge on any atom is 0.263 e. The van der Waals surface area contributed by atoms with E-state index in [0.29, 0.717) is 23.9 Å². The zero-order valence-electron chi connectivity index (χ0n) is 16.2. The average molecular weight is 375 g/mol. The van der Waals surface area contributed by atoms with E-state index in [1.807, 2.05) is 19.1 Å². The van der Waals surface area contributed by atoms with Crippen molar-refractivity contribution in [2.45, 2.75) is 26.4 Å². The first-order valence-electron chi connectivity index (χ1n) is 8.47. The molecule has 1 aromatic carbocycles. The highest BCUT2D eigenvalue weighted by atomic mass is 16.5. The van der Waals surface area contributed by atoms with Gasteiger partial charge in [-0.05, 0) is 31.5 Å². The fraction of sp³-hybridized carbons (Fsp3) is 0.421. The van der Waals surface area contributed by atoms with Crippen LogP contribution in [-0.4, -0.2) is 54.8 Å². The molecular weight excluding hydrogens is 350 g/mol. The van der Waals surface area contributed by atoms with Gasteiger partial charge in [0.05, 0.1) is 26.9 Å². The molecule has 0 bridgehead atoms. The lowest BCUT2D eigenvalue weighted by Gasteiger charge is -2.29. The molecule has 1 amide bonds. The summed E-state index contributed by atoms with van der Waals surface area (Å²) in [4.78, 5) is 33.4. The topological polar surface area (TPSA) is 93.8 Å². The zero-order valence-corrected chi connectivity index (χ0v) is 16.2. The first kappa shape index (κ1) is 20.4.